The Morgan fingerprint density at radius 2 is 1.36 bits per heavy atom. The van der Waals surface area contributed by atoms with Gasteiger partial charge >= 0.3 is 5.97 Å². The highest BCUT2D eigenvalue weighted by molar-refractivity contribution is 5.72. The van der Waals surface area contributed by atoms with E-state index in [1.807, 2.05) is 53.4 Å². The molecular weight excluding hydrogens is 350 g/mol. The predicted molar refractivity (Wildman–Crippen MR) is 110 cm³/mol. The van der Waals surface area contributed by atoms with Crippen LogP contribution < -0.4 is 0 Å². The first-order chi connectivity index (χ1) is 13.5. The number of hydrogen-bond acceptors (Lipinski definition) is 3. The number of nitrogens with zero attached hydrogens (tertiary/aromatic N) is 1. The number of hydrogen-bond donors (Lipinski definition) is 2. The van der Waals surface area contributed by atoms with Crippen molar-refractivity contribution in [2.75, 3.05) is 6.54 Å². The summed E-state index contributed by atoms with van der Waals surface area (Å²) < 4.78 is 0. The Morgan fingerprint density at radius 1 is 0.857 bits per heavy atom. The fourth-order valence-corrected chi connectivity index (χ4v) is 3.36. The Hall–Kier alpha value is -3.11. The molecule has 0 saturated carbocycles. The number of aromatic hydroxyl groups is 1. The summed E-state index contributed by atoms with van der Waals surface area (Å²) in [6.45, 7) is 2.78. The van der Waals surface area contributed by atoms with Crippen LogP contribution in [-0.2, 0) is 11.3 Å². The maximum Gasteiger partial charge on any atom is 0.320 e. The van der Waals surface area contributed by atoms with Crippen LogP contribution in [0.15, 0.2) is 84.9 Å². The van der Waals surface area contributed by atoms with Crippen molar-refractivity contribution in [3.63, 3.8) is 0 Å². The molecule has 1 atom stereocenters. The molecule has 0 aliphatic rings. The second-order valence-corrected chi connectivity index (χ2v) is 6.98. The zero-order valence-corrected chi connectivity index (χ0v) is 15.9. The minimum atomic E-state index is -0.848. The van der Waals surface area contributed by atoms with E-state index in [9.17, 15) is 15.0 Å². The van der Waals surface area contributed by atoms with Gasteiger partial charge in [-0.1, -0.05) is 72.8 Å². The Kier molecular flexibility index (Phi) is 6.45. The van der Waals surface area contributed by atoms with Crippen LogP contribution in [0.25, 0.3) is 0 Å². The minimum absolute atomic E-state index is 0.0568. The van der Waals surface area contributed by atoms with Gasteiger partial charge in [-0.3, -0.25) is 9.69 Å². The normalized spacial score (nSPS) is 12.2. The topological polar surface area (TPSA) is 60.8 Å². The van der Waals surface area contributed by atoms with E-state index in [0.29, 0.717) is 13.1 Å². The summed E-state index contributed by atoms with van der Waals surface area (Å²) in [4.78, 5) is 13.7. The summed E-state index contributed by atoms with van der Waals surface area (Å²) in [6, 6.07) is 26.6. The standard InChI is InChI=1S/C24H25NO3/c1-18(24(27)28)25(16-19-12-14-22(26)15-13-19)17-23(20-8-4-2-5-9-20)21-10-6-3-7-11-21/h2-15,18,23,26H,16-17H2,1H3,(H,27,28)/t18-/m0/s1. The maximum atomic E-state index is 11.8. The van der Waals surface area contributed by atoms with Gasteiger partial charge in [-0.25, -0.2) is 0 Å². The van der Waals surface area contributed by atoms with Crippen LogP contribution in [0.3, 0.4) is 0 Å². The summed E-state index contributed by atoms with van der Waals surface area (Å²) in [5.41, 5.74) is 3.27. The molecule has 0 bridgehead atoms. The highest BCUT2D eigenvalue weighted by atomic mass is 16.4. The van der Waals surface area contributed by atoms with Crippen LogP contribution in [0, 0.1) is 0 Å². The van der Waals surface area contributed by atoms with Crippen molar-refractivity contribution in [2.24, 2.45) is 0 Å². The number of phenolic OH excluding ortho intramolecular Hbond substituents is 1. The van der Waals surface area contributed by atoms with Gasteiger partial charge in [0, 0.05) is 19.0 Å². The molecule has 4 nitrogen and oxygen atoms in total. The average Bonchev–Trinajstić information content (AvgIpc) is 2.73. The van der Waals surface area contributed by atoms with Gasteiger partial charge in [-0.15, -0.1) is 0 Å². The van der Waals surface area contributed by atoms with Crippen molar-refractivity contribution in [3.8, 4) is 5.75 Å². The van der Waals surface area contributed by atoms with E-state index < -0.39 is 12.0 Å². The highest BCUT2D eigenvalue weighted by Crippen LogP contribution is 2.27. The van der Waals surface area contributed by atoms with E-state index in [1.54, 1.807) is 19.1 Å². The molecule has 0 heterocycles. The number of carboxylic acid groups (broad SMARTS) is 1. The van der Waals surface area contributed by atoms with Crippen LogP contribution in [0.4, 0.5) is 0 Å². The van der Waals surface area contributed by atoms with Gasteiger partial charge in [0.25, 0.3) is 0 Å². The average molecular weight is 375 g/mol. The van der Waals surface area contributed by atoms with Gasteiger partial charge < -0.3 is 10.2 Å². The molecule has 0 aliphatic heterocycles. The second kappa shape index (κ2) is 9.20. The van der Waals surface area contributed by atoms with Crippen molar-refractivity contribution in [1.29, 1.82) is 0 Å². The van der Waals surface area contributed by atoms with Gasteiger partial charge in [0.1, 0.15) is 11.8 Å². The summed E-state index contributed by atoms with van der Waals surface area (Å²) in [5.74, 6) is -0.590. The highest BCUT2D eigenvalue weighted by Gasteiger charge is 2.25. The number of phenols is 1. The van der Waals surface area contributed by atoms with Crippen molar-refractivity contribution >= 4 is 5.97 Å². The molecule has 3 aromatic carbocycles. The first-order valence-electron chi connectivity index (χ1n) is 9.39. The van der Waals surface area contributed by atoms with Crippen LogP contribution >= 0.6 is 0 Å². The molecule has 0 fully saturated rings. The Morgan fingerprint density at radius 3 is 1.82 bits per heavy atom. The number of rotatable bonds is 8. The lowest BCUT2D eigenvalue weighted by Crippen LogP contribution is -2.41. The molecule has 0 spiro atoms. The Labute approximate surface area is 165 Å². The van der Waals surface area contributed by atoms with E-state index in [1.165, 1.54) is 0 Å². The van der Waals surface area contributed by atoms with Crippen molar-refractivity contribution < 1.29 is 15.0 Å². The smallest absolute Gasteiger partial charge is 0.320 e. The molecule has 0 aromatic heterocycles. The molecular formula is C24H25NO3. The molecule has 3 rings (SSSR count). The number of carbonyl (C=O) groups is 1. The number of benzene rings is 3. The van der Waals surface area contributed by atoms with E-state index in [-0.39, 0.29) is 11.7 Å². The van der Waals surface area contributed by atoms with Gasteiger partial charge in [0.2, 0.25) is 0 Å². The van der Waals surface area contributed by atoms with Crippen LogP contribution in [0.5, 0.6) is 5.75 Å². The number of carboxylic acids is 1. The zero-order chi connectivity index (χ0) is 19.9. The molecule has 0 saturated heterocycles. The largest absolute Gasteiger partial charge is 0.508 e. The number of aliphatic carboxylic acids is 1. The Bertz CT molecular complexity index is 839. The molecule has 0 amide bonds. The fraction of sp³-hybridized carbons (Fsp3) is 0.208. The first-order valence-corrected chi connectivity index (χ1v) is 9.39. The lowest BCUT2D eigenvalue weighted by Gasteiger charge is -2.31. The predicted octanol–water partition coefficient (Wildman–Crippen LogP) is 4.50. The third kappa shape index (κ3) is 4.99. The maximum absolute atomic E-state index is 11.8. The van der Waals surface area contributed by atoms with E-state index >= 15 is 0 Å². The van der Waals surface area contributed by atoms with Gasteiger partial charge in [-0.2, -0.15) is 0 Å². The molecule has 144 valence electrons. The van der Waals surface area contributed by atoms with E-state index in [4.69, 9.17) is 0 Å². The van der Waals surface area contributed by atoms with Gasteiger partial charge in [0.05, 0.1) is 0 Å². The monoisotopic (exact) mass is 375 g/mol. The molecule has 0 aliphatic carbocycles. The quantitative estimate of drug-likeness (QED) is 0.609. The molecule has 0 radical (unpaired) electrons. The van der Waals surface area contributed by atoms with Gasteiger partial charge in [0.15, 0.2) is 0 Å². The Balaban J connectivity index is 1.92. The van der Waals surface area contributed by atoms with Gasteiger partial charge in [-0.05, 0) is 35.7 Å². The molecule has 4 heteroatoms. The molecule has 28 heavy (non-hydrogen) atoms. The summed E-state index contributed by atoms with van der Waals surface area (Å²) >= 11 is 0. The third-order valence-corrected chi connectivity index (χ3v) is 5.05. The van der Waals surface area contributed by atoms with E-state index in [2.05, 4.69) is 24.3 Å². The molecule has 3 aromatic rings. The van der Waals surface area contributed by atoms with Crippen molar-refractivity contribution in [3.05, 3.63) is 102 Å². The fourth-order valence-electron chi connectivity index (χ4n) is 3.36. The first kappa shape index (κ1) is 19.6. The second-order valence-electron chi connectivity index (χ2n) is 6.98. The van der Waals surface area contributed by atoms with Crippen molar-refractivity contribution in [2.45, 2.75) is 25.4 Å². The SMILES string of the molecule is C[C@@H](C(=O)O)N(Cc1ccc(O)cc1)CC(c1ccccc1)c1ccccc1. The summed E-state index contributed by atoms with van der Waals surface area (Å²) in [5, 5.41) is 19.2. The van der Waals surface area contributed by atoms with Crippen LogP contribution in [0.2, 0.25) is 0 Å². The minimum Gasteiger partial charge on any atom is -0.508 e. The summed E-state index contributed by atoms with van der Waals surface area (Å²) in [6.07, 6.45) is 0. The van der Waals surface area contributed by atoms with Crippen LogP contribution in [-0.4, -0.2) is 33.7 Å². The van der Waals surface area contributed by atoms with E-state index in [0.717, 1.165) is 16.7 Å². The van der Waals surface area contributed by atoms with Crippen molar-refractivity contribution in [1.82, 2.24) is 4.90 Å². The zero-order valence-electron chi connectivity index (χ0n) is 15.9. The third-order valence-electron chi connectivity index (χ3n) is 5.05. The lowest BCUT2D eigenvalue weighted by molar-refractivity contribution is -0.142. The molecule has 0 unspecified atom stereocenters. The molecule has 2 N–H and O–H groups in total. The lowest BCUT2D eigenvalue weighted by atomic mass is 9.90. The van der Waals surface area contributed by atoms with Crippen LogP contribution in [0.1, 0.15) is 29.5 Å². The summed E-state index contributed by atoms with van der Waals surface area (Å²) in [7, 11) is 0.